The van der Waals surface area contributed by atoms with E-state index in [1.165, 1.54) is 135 Å². The quantitative estimate of drug-likeness (QED) is 0.0264. The van der Waals surface area contributed by atoms with Gasteiger partial charge in [-0.2, -0.15) is 0 Å². The van der Waals surface area contributed by atoms with Gasteiger partial charge in [0.15, 0.2) is 6.10 Å². The van der Waals surface area contributed by atoms with E-state index in [4.69, 9.17) is 14.2 Å². The van der Waals surface area contributed by atoms with E-state index in [-0.39, 0.29) is 31.1 Å². The summed E-state index contributed by atoms with van der Waals surface area (Å²) in [7, 11) is 0. The zero-order valence-corrected chi connectivity index (χ0v) is 38.6. The van der Waals surface area contributed by atoms with Crippen LogP contribution in [0.5, 0.6) is 0 Å². The Morgan fingerprint density at radius 3 is 1.07 bits per heavy atom. The Kier molecular flexibility index (Phi) is 45.4. The molecule has 0 amide bonds. The summed E-state index contributed by atoms with van der Waals surface area (Å²) in [5.74, 6) is -0.888. The van der Waals surface area contributed by atoms with Crippen molar-refractivity contribution in [2.24, 2.45) is 0 Å². The number of hydrogen-bond acceptors (Lipinski definition) is 6. The number of rotatable bonds is 45. The average Bonchev–Trinajstić information content (AvgIpc) is 3.22. The van der Waals surface area contributed by atoms with Gasteiger partial charge in [-0.15, -0.1) is 0 Å². The highest BCUT2D eigenvalue weighted by Crippen LogP contribution is 2.15. The van der Waals surface area contributed by atoms with Crippen LogP contribution in [0.4, 0.5) is 0 Å². The first-order valence-corrected chi connectivity index (χ1v) is 25.0. The lowest BCUT2D eigenvalue weighted by Gasteiger charge is -2.18. The van der Waals surface area contributed by atoms with Gasteiger partial charge in [-0.3, -0.25) is 14.4 Å². The van der Waals surface area contributed by atoms with Gasteiger partial charge < -0.3 is 14.2 Å². The van der Waals surface area contributed by atoms with Crippen LogP contribution in [0.2, 0.25) is 0 Å². The number of carbonyl (C=O) groups is 3. The molecule has 58 heavy (non-hydrogen) atoms. The van der Waals surface area contributed by atoms with Gasteiger partial charge in [-0.05, 0) is 70.6 Å². The van der Waals surface area contributed by atoms with Crippen LogP contribution in [0.15, 0.2) is 36.5 Å². The Labute approximate surface area is 359 Å². The third kappa shape index (κ3) is 44.7. The summed E-state index contributed by atoms with van der Waals surface area (Å²) in [5, 5.41) is 0. The largest absolute Gasteiger partial charge is 0.462 e. The SMILES string of the molecule is CC/C=C\C/C=C\CCCCCCCC(=O)OCC(COC(=O)CCCCCCCCC/C=C\CCCCCC)OC(=O)CCCCCCCCCCCCCCC. The van der Waals surface area contributed by atoms with E-state index in [1.54, 1.807) is 0 Å². The van der Waals surface area contributed by atoms with Crippen LogP contribution in [-0.2, 0) is 28.6 Å². The van der Waals surface area contributed by atoms with Crippen LogP contribution in [-0.4, -0.2) is 37.2 Å². The lowest BCUT2D eigenvalue weighted by Crippen LogP contribution is -2.30. The summed E-state index contributed by atoms with van der Waals surface area (Å²) >= 11 is 0. The van der Waals surface area contributed by atoms with Crippen LogP contribution in [0, 0.1) is 0 Å². The fourth-order valence-electron chi connectivity index (χ4n) is 7.12. The number of ether oxygens (including phenoxy) is 3. The van der Waals surface area contributed by atoms with E-state index in [2.05, 4.69) is 57.2 Å². The van der Waals surface area contributed by atoms with Crippen LogP contribution in [0.3, 0.4) is 0 Å². The molecule has 0 aromatic rings. The summed E-state index contributed by atoms with van der Waals surface area (Å²) in [6, 6.07) is 0. The van der Waals surface area contributed by atoms with Gasteiger partial charge in [0, 0.05) is 19.3 Å². The van der Waals surface area contributed by atoms with E-state index >= 15 is 0 Å². The predicted octanol–water partition coefficient (Wildman–Crippen LogP) is 16.1. The molecule has 0 saturated heterocycles. The van der Waals surface area contributed by atoms with Gasteiger partial charge in [-0.1, -0.05) is 205 Å². The minimum absolute atomic E-state index is 0.0764. The van der Waals surface area contributed by atoms with Crippen molar-refractivity contribution in [2.75, 3.05) is 13.2 Å². The van der Waals surface area contributed by atoms with Gasteiger partial charge in [0.05, 0.1) is 0 Å². The summed E-state index contributed by atoms with van der Waals surface area (Å²) < 4.78 is 16.8. The monoisotopic (exact) mass is 815 g/mol. The second kappa shape index (κ2) is 47.3. The third-order valence-electron chi connectivity index (χ3n) is 10.9. The maximum absolute atomic E-state index is 12.8. The zero-order chi connectivity index (χ0) is 42.3. The second-order valence-electron chi connectivity index (χ2n) is 16.7. The third-order valence-corrected chi connectivity index (χ3v) is 10.9. The molecule has 0 saturated carbocycles. The summed E-state index contributed by atoms with van der Waals surface area (Å²) in [6.07, 6.45) is 54.1. The van der Waals surface area contributed by atoms with E-state index in [0.717, 1.165) is 83.5 Å². The van der Waals surface area contributed by atoms with Gasteiger partial charge >= 0.3 is 17.9 Å². The van der Waals surface area contributed by atoms with Gasteiger partial charge in [-0.25, -0.2) is 0 Å². The molecular weight excluding hydrogens is 721 g/mol. The number of hydrogen-bond donors (Lipinski definition) is 0. The predicted molar refractivity (Wildman–Crippen MR) is 247 cm³/mol. The highest BCUT2D eigenvalue weighted by Gasteiger charge is 2.19. The molecule has 0 aliphatic carbocycles. The molecule has 0 aromatic heterocycles. The average molecular weight is 815 g/mol. The standard InChI is InChI=1S/C52H94O6/c1-4-7-10-13-16-19-22-25-26-28-30-33-36-39-42-45-51(54)57-48-49(47-56-50(53)44-41-38-35-32-29-24-21-18-15-12-9-6-3)58-52(55)46-43-40-37-34-31-27-23-20-17-14-11-8-5-2/h9,12,18-19,21-22,49H,4-8,10-11,13-17,20,23-48H2,1-3H3/b12-9-,21-18-,22-19-. The van der Waals surface area contributed by atoms with E-state index in [0.29, 0.717) is 19.3 Å². The topological polar surface area (TPSA) is 78.9 Å². The van der Waals surface area contributed by atoms with Crippen molar-refractivity contribution in [3.8, 4) is 0 Å². The number of unbranched alkanes of at least 4 members (excludes halogenated alkanes) is 28. The molecule has 0 N–H and O–H groups in total. The zero-order valence-electron chi connectivity index (χ0n) is 38.6. The Morgan fingerprint density at radius 2 is 0.672 bits per heavy atom. The first-order chi connectivity index (χ1) is 28.5. The molecule has 0 aromatic carbocycles. The molecule has 0 rings (SSSR count). The molecule has 0 heterocycles. The molecule has 0 fully saturated rings. The molecule has 0 bridgehead atoms. The van der Waals surface area contributed by atoms with Gasteiger partial charge in [0.1, 0.15) is 13.2 Å². The molecule has 0 spiro atoms. The van der Waals surface area contributed by atoms with Gasteiger partial charge in [0.2, 0.25) is 0 Å². The van der Waals surface area contributed by atoms with Crippen molar-refractivity contribution >= 4 is 17.9 Å². The molecule has 0 aliphatic heterocycles. The molecule has 6 heteroatoms. The van der Waals surface area contributed by atoms with Crippen molar-refractivity contribution in [3.63, 3.8) is 0 Å². The molecular formula is C52H94O6. The summed E-state index contributed by atoms with van der Waals surface area (Å²) in [4.78, 5) is 37.9. The van der Waals surface area contributed by atoms with Crippen molar-refractivity contribution in [2.45, 2.75) is 264 Å². The fourth-order valence-corrected chi connectivity index (χ4v) is 7.12. The van der Waals surface area contributed by atoms with Crippen molar-refractivity contribution in [3.05, 3.63) is 36.5 Å². The Hall–Kier alpha value is -2.37. The first-order valence-electron chi connectivity index (χ1n) is 25.0. The maximum Gasteiger partial charge on any atom is 0.306 e. The minimum atomic E-state index is -0.774. The first kappa shape index (κ1) is 55.6. The summed E-state index contributed by atoms with van der Waals surface area (Å²) in [5.41, 5.74) is 0. The van der Waals surface area contributed by atoms with Crippen molar-refractivity contribution in [1.82, 2.24) is 0 Å². The Balaban J connectivity index is 4.36. The fraction of sp³-hybridized carbons (Fsp3) is 0.827. The Morgan fingerprint density at radius 1 is 0.362 bits per heavy atom. The molecule has 1 atom stereocenters. The molecule has 0 radical (unpaired) electrons. The number of allylic oxidation sites excluding steroid dienone is 6. The van der Waals surface area contributed by atoms with E-state index in [9.17, 15) is 14.4 Å². The smallest absolute Gasteiger partial charge is 0.306 e. The van der Waals surface area contributed by atoms with E-state index < -0.39 is 6.10 Å². The number of carbonyl (C=O) groups excluding carboxylic acids is 3. The highest BCUT2D eigenvalue weighted by atomic mass is 16.6. The van der Waals surface area contributed by atoms with Crippen molar-refractivity contribution in [1.29, 1.82) is 0 Å². The number of esters is 3. The van der Waals surface area contributed by atoms with Gasteiger partial charge in [0.25, 0.3) is 0 Å². The molecule has 6 nitrogen and oxygen atoms in total. The lowest BCUT2D eigenvalue weighted by molar-refractivity contribution is -0.167. The Bertz CT molecular complexity index is 984. The normalized spacial score (nSPS) is 12.3. The molecule has 0 aliphatic rings. The maximum atomic E-state index is 12.8. The van der Waals surface area contributed by atoms with Crippen LogP contribution in [0.1, 0.15) is 258 Å². The van der Waals surface area contributed by atoms with Crippen LogP contribution < -0.4 is 0 Å². The minimum Gasteiger partial charge on any atom is -0.462 e. The van der Waals surface area contributed by atoms with Crippen molar-refractivity contribution < 1.29 is 28.6 Å². The van der Waals surface area contributed by atoms with E-state index in [1.807, 2.05) is 0 Å². The molecule has 338 valence electrons. The van der Waals surface area contributed by atoms with Crippen LogP contribution >= 0.6 is 0 Å². The second-order valence-corrected chi connectivity index (χ2v) is 16.7. The summed E-state index contributed by atoms with van der Waals surface area (Å²) in [6.45, 7) is 6.51. The van der Waals surface area contributed by atoms with Crippen LogP contribution in [0.25, 0.3) is 0 Å². The molecule has 1 unspecified atom stereocenters. The highest BCUT2D eigenvalue weighted by molar-refractivity contribution is 5.71. The lowest BCUT2D eigenvalue weighted by atomic mass is 10.0.